The van der Waals surface area contributed by atoms with Crippen LogP contribution in [-0.2, 0) is 4.79 Å². The molecule has 6 nitrogen and oxygen atoms in total. The van der Waals surface area contributed by atoms with Gasteiger partial charge in [0.05, 0.1) is 17.1 Å². The molecule has 0 saturated heterocycles. The van der Waals surface area contributed by atoms with Crippen molar-refractivity contribution in [1.29, 1.82) is 0 Å². The summed E-state index contributed by atoms with van der Waals surface area (Å²) in [5, 5.41) is 5.80. The zero-order valence-electron chi connectivity index (χ0n) is 11.2. The predicted molar refractivity (Wildman–Crippen MR) is 74.0 cm³/mol. The SMILES string of the molecule is CNC(=O)C(C)NC(C)c1ccc2[nH]c(=O)[nH]c2c1. The van der Waals surface area contributed by atoms with E-state index in [0.29, 0.717) is 0 Å². The zero-order chi connectivity index (χ0) is 14.0. The number of hydrogen-bond acceptors (Lipinski definition) is 3. The summed E-state index contributed by atoms with van der Waals surface area (Å²) in [4.78, 5) is 28.1. The van der Waals surface area contributed by atoms with Gasteiger partial charge in [0, 0.05) is 13.1 Å². The minimum absolute atomic E-state index is 0.00935. The van der Waals surface area contributed by atoms with Crippen molar-refractivity contribution < 1.29 is 4.79 Å². The molecule has 1 heterocycles. The molecule has 0 fully saturated rings. The molecule has 102 valence electrons. The van der Waals surface area contributed by atoms with Gasteiger partial charge in [-0.25, -0.2) is 4.79 Å². The Labute approximate surface area is 110 Å². The second-order valence-electron chi connectivity index (χ2n) is 4.61. The quantitative estimate of drug-likeness (QED) is 0.652. The summed E-state index contributed by atoms with van der Waals surface area (Å²) in [6.45, 7) is 3.79. The van der Waals surface area contributed by atoms with Crippen LogP contribution in [0.2, 0.25) is 0 Å². The maximum atomic E-state index is 11.5. The van der Waals surface area contributed by atoms with Gasteiger partial charge in [-0.15, -0.1) is 0 Å². The molecule has 19 heavy (non-hydrogen) atoms. The van der Waals surface area contributed by atoms with Crippen molar-refractivity contribution in [1.82, 2.24) is 20.6 Å². The average Bonchev–Trinajstić information content (AvgIpc) is 2.76. The van der Waals surface area contributed by atoms with Crippen LogP contribution in [0, 0.1) is 0 Å². The first kappa shape index (κ1) is 13.4. The third kappa shape index (κ3) is 2.85. The summed E-state index contributed by atoms with van der Waals surface area (Å²) in [6, 6.07) is 5.42. The van der Waals surface area contributed by atoms with E-state index in [1.807, 2.05) is 32.0 Å². The number of aromatic nitrogens is 2. The lowest BCUT2D eigenvalue weighted by Crippen LogP contribution is -2.41. The molecule has 2 atom stereocenters. The van der Waals surface area contributed by atoms with Gasteiger partial charge in [-0.1, -0.05) is 6.07 Å². The third-order valence-corrected chi connectivity index (χ3v) is 3.18. The number of aromatic amines is 2. The van der Waals surface area contributed by atoms with Crippen LogP contribution in [0.5, 0.6) is 0 Å². The van der Waals surface area contributed by atoms with Gasteiger partial charge in [-0.2, -0.15) is 0 Å². The van der Waals surface area contributed by atoms with Gasteiger partial charge in [0.15, 0.2) is 0 Å². The normalized spacial score (nSPS) is 14.3. The van der Waals surface area contributed by atoms with Crippen LogP contribution in [-0.4, -0.2) is 29.0 Å². The fourth-order valence-electron chi connectivity index (χ4n) is 2.08. The fraction of sp³-hybridized carbons (Fsp3) is 0.385. The number of carbonyl (C=O) groups is 1. The number of hydrogen-bond donors (Lipinski definition) is 4. The van der Waals surface area contributed by atoms with Crippen LogP contribution in [0.1, 0.15) is 25.5 Å². The summed E-state index contributed by atoms with van der Waals surface area (Å²) < 4.78 is 0. The van der Waals surface area contributed by atoms with E-state index in [2.05, 4.69) is 20.6 Å². The number of carbonyl (C=O) groups excluding carboxylic acids is 1. The van der Waals surface area contributed by atoms with E-state index in [4.69, 9.17) is 0 Å². The molecule has 1 amide bonds. The number of H-pyrrole nitrogens is 2. The number of imidazole rings is 1. The molecule has 2 aromatic rings. The third-order valence-electron chi connectivity index (χ3n) is 3.18. The van der Waals surface area contributed by atoms with E-state index in [1.54, 1.807) is 7.05 Å². The van der Waals surface area contributed by atoms with Crippen LogP contribution < -0.4 is 16.3 Å². The Morgan fingerprint density at radius 2 is 1.89 bits per heavy atom. The summed E-state index contributed by atoms with van der Waals surface area (Å²) >= 11 is 0. The molecule has 0 saturated carbocycles. The van der Waals surface area contributed by atoms with E-state index in [-0.39, 0.29) is 23.7 Å². The maximum absolute atomic E-state index is 11.5. The smallest absolute Gasteiger partial charge is 0.323 e. The first-order chi connectivity index (χ1) is 9.01. The van der Waals surface area contributed by atoms with E-state index in [1.165, 1.54) is 0 Å². The highest BCUT2D eigenvalue weighted by Crippen LogP contribution is 2.17. The van der Waals surface area contributed by atoms with Crippen molar-refractivity contribution in [2.24, 2.45) is 0 Å². The average molecular weight is 262 g/mol. The van der Waals surface area contributed by atoms with Gasteiger partial charge >= 0.3 is 5.69 Å². The number of fused-ring (bicyclic) bond motifs is 1. The van der Waals surface area contributed by atoms with Crippen LogP contribution >= 0.6 is 0 Å². The molecule has 0 radical (unpaired) electrons. The van der Waals surface area contributed by atoms with Crippen molar-refractivity contribution in [2.45, 2.75) is 25.9 Å². The lowest BCUT2D eigenvalue weighted by molar-refractivity contribution is -0.122. The van der Waals surface area contributed by atoms with Crippen LogP contribution in [0.25, 0.3) is 11.0 Å². The number of benzene rings is 1. The first-order valence-corrected chi connectivity index (χ1v) is 6.21. The maximum Gasteiger partial charge on any atom is 0.323 e. The lowest BCUT2D eigenvalue weighted by atomic mass is 10.1. The largest absolute Gasteiger partial charge is 0.358 e. The predicted octanol–water partition coefficient (Wildman–Crippen LogP) is 0.641. The van der Waals surface area contributed by atoms with Gasteiger partial charge < -0.3 is 15.3 Å². The summed E-state index contributed by atoms with van der Waals surface area (Å²) in [6.07, 6.45) is 0. The van der Waals surface area contributed by atoms with Crippen molar-refractivity contribution >= 4 is 16.9 Å². The van der Waals surface area contributed by atoms with Crippen LogP contribution in [0.4, 0.5) is 0 Å². The minimum atomic E-state index is -0.277. The van der Waals surface area contributed by atoms with Gasteiger partial charge in [0.25, 0.3) is 0 Å². The van der Waals surface area contributed by atoms with E-state index >= 15 is 0 Å². The topological polar surface area (TPSA) is 89.8 Å². The second kappa shape index (κ2) is 5.27. The summed E-state index contributed by atoms with van der Waals surface area (Å²) in [5.41, 5.74) is 2.34. The highest BCUT2D eigenvalue weighted by molar-refractivity contribution is 5.81. The van der Waals surface area contributed by atoms with E-state index in [0.717, 1.165) is 16.6 Å². The highest BCUT2D eigenvalue weighted by Gasteiger charge is 2.15. The molecule has 0 bridgehead atoms. The molecule has 1 aromatic carbocycles. The standard InChI is InChI=1S/C13H18N4O2/c1-7(15-8(2)12(18)14-3)9-4-5-10-11(6-9)17-13(19)16-10/h4-8,15H,1-3H3,(H,14,18)(H2,16,17,19). The number of likely N-dealkylation sites (N-methyl/N-ethyl adjacent to an activating group) is 1. The van der Waals surface area contributed by atoms with Gasteiger partial charge in [0.1, 0.15) is 0 Å². The molecule has 0 spiro atoms. The second-order valence-corrected chi connectivity index (χ2v) is 4.61. The zero-order valence-corrected chi connectivity index (χ0v) is 11.2. The summed E-state index contributed by atoms with van der Waals surface area (Å²) in [7, 11) is 1.61. The van der Waals surface area contributed by atoms with E-state index < -0.39 is 0 Å². The molecule has 2 unspecified atom stereocenters. The molecule has 4 N–H and O–H groups in total. The molecular formula is C13H18N4O2. The molecule has 6 heteroatoms. The first-order valence-electron chi connectivity index (χ1n) is 6.21. The van der Waals surface area contributed by atoms with E-state index in [9.17, 15) is 9.59 Å². The van der Waals surface area contributed by atoms with Gasteiger partial charge in [-0.05, 0) is 31.5 Å². The Morgan fingerprint density at radius 1 is 1.21 bits per heavy atom. The fourth-order valence-corrected chi connectivity index (χ4v) is 2.08. The van der Waals surface area contributed by atoms with Crippen LogP contribution in [0.3, 0.4) is 0 Å². The van der Waals surface area contributed by atoms with Gasteiger partial charge in [-0.3, -0.25) is 10.1 Å². The van der Waals surface area contributed by atoms with Crippen molar-refractivity contribution in [3.8, 4) is 0 Å². The molecule has 1 aromatic heterocycles. The Balaban J connectivity index is 2.19. The van der Waals surface area contributed by atoms with Crippen molar-refractivity contribution in [3.63, 3.8) is 0 Å². The van der Waals surface area contributed by atoms with Gasteiger partial charge in [0.2, 0.25) is 5.91 Å². The Morgan fingerprint density at radius 3 is 2.58 bits per heavy atom. The number of nitrogens with one attached hydrogen (secondary N) is 4. The highest BCUT2D eigenvalue weighted by atomic mass is 16.2. The Bertz CT molecular complexity index is 643. The number of rotatable bonds is 4. The monoisotopic (exact) mass is 262 g/mol. The van der Waals surface area contributed by atoms with Crippen molar-refractivity contribution in [2.75, 3.05) is 7.05 Å². The van der Waals surface area contributed by atoms with Crippen LogP contribution in [0.15, 0.2) is 23.0 Å². The Kier molecular flexibility index (Phi) is 3.71. The molecular weight excluding hydrogens is 244 g/mol. The molecule has 0 aliphatic carbocycles. The minimum Gasteiger partial charge on any atom is -0.358 e. The molecule has 0 aliphatic heterocycles. The number of amides is 1. The summed E-state index contributed by atoms with van der Waals surface area (Å²) in [5.74, 6) is -0.0528. The molecule has 0 aliphatic rings. The van der Waals surface area contributed by atoms with Crippen molar-refractivity contribution in [3.05, 3.63) is 34.2 Å². The molecule has 2 rings (SSSR count). The lowest BCUT2D eigenvalue weighted by Gasteiger charge is -2.19. The Hall–Kier alpha value is -2.08.